The highest BCUT2D eigenvalue weighted by Gasteiger charge is 2.31. The molecule has 2 N–H and O–H groups in total. The van der Waals surface area contributed by atoms with Crippen LogP contribution in [0.2, 0.25) is 0 Å². The van der Waals surface area contributed by atoms with E-state index in [9.17, 15) is 18.0 Å². The third-order valence-electron chi connectivity index (χ3n) is 7.23. The van der Waals surface area contributed by atoms with Gasteiger partial charge in [0.2, 0.25) is 5.95 Å². The fourth-order valence-corrected chi connectivity index (χ4v) is 4.75. The zero-order valence-electron chi connectivity index (χ0n) is 22.4. The van der Waals surface area contributed by atoms with Gasteiger partial charge in [0.05, 0.1) is 35.0 Å². The van der Waals surface area contributed by atoms with Crippen LogP contribution in [-0.4, -0.2) is 25.7 Å². The SMILES string of the molecule is Cc1ccc(C(C)NC(=O)c2cccc(C(F)(F)F)c2)cc1-c1ccc2nc(Nc3cnn(C4CC4)c3)ncc2c1. The Morgan fingerprint density at radius 1 is 1.05 bits per heavy atom. The number of fused-ring (bicyclic) bond motifs is 1. The van der Waals surface area contributed by atoms with Gasteiger partial charge in [-0.05, 0) is 85.3 Å². The van der Waals surface area contributed by atoms with Crippen LogP contribution in [0.3, 0.4) is 0 Å². The van der Waals surface area contributed by atoms with Crippen molar-refractivity contribution < 1.29 is 18.0 Å². The summed E-state index contributed by atoms with van der Waals surface area (Å²) in [5.74, 6) is -0.0815. The van der Waals surface area contributed by atoms with Crippen LogP contribution >= 0.6 is 0 Å². The minimum atomic E-state index is -4.52. The van der Waals surface area contributed by atoms with E-state index in [0.29, 0.717) is 12.0 Å². The van der Waals surface area contributed by atoms with Gasteiger partial charge in [-0.25, -0.2) is 9.97 Å². The van der Waals surface area contributed by atoms with Crippen molar-refractivity contribution in [2.45, 2.75) is 44.9 Å². The fraction of sp³-hybridized carbons (Fsp3) is 0.226. The second-order valence-electron chi connectivity index (χ2n) is 10.4. The Morgan fingerprint density at radius 2 is 1.88 bits per heavy atom. The van der Waals surface area contributed by atoms with E-state index in [4.69, 9.17) is 0 Å². The maximum atomic E-state index is 13.1. The van der Waals surface area contributed by atoms with E-state index in [1.807, 2.05) is 54.2 Å². The molecule has 1 saturated carbocycles. The van der Waals surface area contributed by atoms with E-state index >= 15 is 0 Å². The molecule has 1 amide bonds. The summed E-state index contributed by atoms with van der Waals surface area (Å²) in [6, 6.07) is 16.3. The number of hydrogen-bond acceptors (Lipinski definition) is 5. The lowest BCUT2D eigenvalue weighted by atomic mass is 9.95. The molecule has 1 atom stereocenters. The molecule has 0 saturated heterocycles. The number of aryl methyl sites for hydroxylation is 1. The second-order valence-corrected chi connectivity index (χ2v) is 10.4. The summed E-state index contributed by atoms with van der Waals surface area (Å²) < 4.78 is 41.2. The van der Waals surface area contributed by atoms with Gasteiger partial charge >= 0.3 is 6.18 Å². The van der Waals surface area contributed by atoms with E-state index in [2.05, 4.69) is 25.7 Å². The molecule has 0 radical (unpaired) electrons. The van der Waals surface area contributed by atoms with Crippen LogP contribution in [0.5, 0.6) is 0 Å². The van der Waals surface area contributed by atoms with Gasteiger partial charge in [-0.3, -0.25) is 9.48 Å². The molecule has 7 nitrogen and oxygen atoms in total. The monoisotopic (exact) mass is 556 g/mol. The summed E-state index contributed by atoms with van der Waals surface area (Å²) in [6.45, 7) is 3.80. The average Bonchev–Trinajstić information content (AvgIpc) is 3.71. The lowest BCUT2D eigenvalue weighted by molar-refractivity contribution is -0.137. The molecule has 0 bridgehead atoms. The lowest BCUT2D eigenvalue weighted by Crippen LogP contribution is -2.27. The standard InChI is InChI=1S/C31H27F3N6O/c1-18-6-7-20(19(2)37-29(41)22-4-3-5-24(13-22)31(32,33)34)14-27(18)21-8-11-28-23(12-21)15-35-30(39-28)38-25-16-36-40(17-25)26-9-10-26/h3-8,11-17,19,26H,9-10H2,1-2H3,(H,37,41)(H,35,38,39). The van der Waals surface area contributed by atoms with Crippen LogP contribution in [-0.2, 0) is 6.18 Å². The van der Waals surface area contributed by atoms with Crippen molar-refractivity contribution in [1.29, 1.82) is 0 Å². The summed E-state index contributed by atoms with van der Waals surface area (Å²) in [5, 5.41) is 11.3. The summed E-state index contributed by atoms with van der Waals surface area (Å²) in [4.78, 5) is 21.9. The zero-order valence-corrected chi connectivity index (χ0v) is 22.4. The first-order chi connectivity index (χ1) is 19.6. The van der Waals surface area contributed by atoms with Crippen LogP contribution < -0.4 is 10.6 Å². The van der Waals surface area contributed by atoms with Gasteiger partial charge in [-0.15, -0.1) is 0 Å². The number of carbonyl (C=O) groups excluding carboxylic acids is 1. The van der Waals surface area contributed by atoms with Gasteiger partial charge in [0.15, 0.2) is 0 Å². The third-order valence-corrected chi connectivity index (χ3v) is 7.23. The lowest BCUT2D eigenvalue weighted by Gasteiger charge is -2.17. The molecular weight excluding hydrogens is 529 g/mol. The number of nitrogens with zero attached hydrogens (tertiary/aromatic N) is 4. The van der Waals surface area contributed by atoms with Crippen molar-refractivity contribution in [2.75, 3.05) is 5.32 Å². The Bertz CT molecular complexity index is 1760. The quantitative estimate of drug-likeness (QED) is 0.218. The Balaban J connectivity index is 1.20. The highest BCUT2D eigenvalue weighted by atomic mass is 19.4. The molecule has 0 spiro atoms. The molecule has 5 aromatic rings. The van der Waals surface area contributed by atoms with Gasteiger partial charge in [0, 0.05) is 23.3 Å². The summed E-state index contributed by atoms with van der Waals surface area (Å²) in [5.41, 5.74) is 4.53. The van der Waals surface area contributed by atoms with Crippen LogP contribution in [0.15, 0.2) is 79.3 Å². The molecule has 208 valence electrons. The number of amides is 1. The highest BCUT2D eigenvalue weighted by molar-refractivity contribution is 5.94. The molecule has 1 fully saturated rings. The number of anilines is 2. The van der Waals surface area contributed by atoms with E-state index in [1.54, 1.807) is 19.3 Å². The molecule has 1 aliphatic carbocycles. The molecule has 2 heterocycles. The van der Waals surface area contributed by atoms with Crippen molar-refractivity contribution in [3.05, 3.63) is 102 Å². The predicted molar refractivity (Wildman–Crippen MR) is 151 cm³/mol. The molecule has 1 aliphatic rings. The first kappa shape index (κ1) is 26.5. The van der Waals surface area contributed by atoms with Gasteiger partial charge < -0.3 is 10.6 Å². The van der Waals surface area contributed by atoms with Crippen LogP contribution in [0.4, 0.5) is 24.8 Å². The van der Waals surface area contributed by atoms with E-state index in [0.717, 1.165) is 63.8 Å². The van der Waals surface area contributed by atoms with Crippen molar-refractivity contribution in [2.24, 2.45) is 0 Å². The average molecular weight is 557 g/mol. The Morgan fingerprint density at radius 3 is 2.66 bits per heavy atom. The molecule has 41 heavy (non-hydrogen) atoms. The third kappa shape index (κ3) is 5.77. The Labute approximate surface area is 234 Å². The molecule has 1 unspecified atom stereocenters. The largest absolute Gasteiger partial charge is 0.416 e. The van der Waals surface area contributed by atoms with Crippen LogP contribution in [0, 0.1) is 6.92 Å². The molecule has 3 aromatic carbocycles. The van der Waals surface area contributed by atoms with Gasteiger partial charge in [-0.1, -0.05) is 24.3 Å². The maximum Gasteiger partial charge on any atom is 0.416 e. The minimum Gasteiger partial charge on any atom is -0.346 e. The van der Waals surface area contributed by atoms with Crippen molar-refractivity contribution in [3.63, 3.8) is 0 Å². The molecular formula is C31H27F3N6O. The zero-order chi connectivity index (χ0) is 28.7. The summed E-state index contributed by atoms with van der Waals surface area (Å²) >= 11 is 0. The fourth-order valence-electron chi connectivity index (χ4n) is 4.75. The number of aromatic nitrogens is 4. The number of halogens is 3. The van der Waals surface area contributed by atoms with Crippen LogP contribution in [0.1, 0.15) is 58.9 Å². The van der Waals surface area contributed by atoms with Gasteiger partial charge in [0.1, 0.15) is 0 Å². The van der Waals surface area contributed by atoms with Crippen molar-refractivity contribution >= 4 is 28.4 Å². The smallest absolute Gasteiger partial charge is 0.346 e. The molecule has 10 heteroatoms. The topological polar surface area (TPSA) is 84.7 Å². The first-order valence-corrected chi connectivity index (χ1v) is 13.3. The normalized spacial score (nSPS) is 14.2. The minimum absolute atomic E-state index is 0.0425. The number of hydrogen-bond donors (Lipinski definition) is 2. The predicted octanol–water partition coefficient (Wildman–Crippen LogP) is 7.39. The van der Waals surface area contributed by atoms with Gasteiger partial charge in [-0.2, -0.15) is 18.3 Å². The van der Waals surface area contributed by atoms with E-state index in [1.165, 1.54) is 12.1 Å². The number of nitrogens with one attached hydrogen (secondary N) is 2. The summed E-state index contributed by atoms with van der Waals surface area (Å²) in [7, 11) is 0. The van der Waals surface area contributed by atoms with Gasteiger partial charge in [0.25, 0.3) is 5.91 Å². The van der Waals surface area contributed by atoms with E-state index < -0.39 is 23.7 Å². The number of rotatable bonds is 7. The Hall–Kier alpha value is -4.73. The molecule has 2 aromatic heterocycles. The first-order valence-electron chi connectivity index (χ1n) is 13.3. The van der Waals surface area contributed by atoms with E-state index in [-0.39, 0.29) is 5.56 Å². The second kappa shape index (κ2) is 10.3. The van der Waals surface area contributed by atoms with Crippen molar-refractivity contribution in [1.82, 2.24) is 25.1 Å². The number of alkyl halides is 3. The van der Waals surface area contributed by atoms with Crippen molar-refractivity contribution in [3.8, 4) is 11.1 Å². The molecule has 0 aliphatic heterocycles. The number of carbonyl (C=O) groups is 1. The summed E-state index contributed by atoms with van der Waals surface area (Å²) in [6.07, 6.45) is 3.31. The maximum absolute atomic E-state index is 13.1. The number of benzene rings is 3. The van der Waals surface area contributed by atoms with Crippen LogP contribution in [0.25, 0.3) is 22.0 Å². The Kier molecular flexibility index (Phi) is 6.69. The molecule has 6 rings (SSSR count). The highest BCUT2D eigenvalue weighted by Crippen LogP contribution is 2.35.